The number of anilines is 1. The Bertz CT molecular complexity index is 682. The van der Waals surface area contributed by atoms with Gasteiger partial charge in [0.25, 0.3) is 0 Å². The maximum atomic E-state index is 13.3. The minimum absolute atomic E-state index is 0. The number of halogens is 2. The van der Waals surface area contributed by atoms with Crippen molar-refractivity contribution < 1.29 is 4.39 Å². The van der Waals surface area contributed by atoms with E-state index in [9.17, 15) is 4.39 Å². The van der Waals surface area contributed by atoms with Crippen molar-refractivity contribution in [3.63, 3.8) is 0 Å². The Kier molecular flexibility index (Phi) is 7.16. The molecule has 1 aromatic heterocycles. The van der Waals surface area contributed by atoms with Gasteiger partial charge in [-0.05, 0) is 42.7 Å². The van der Waals surface area contributed by atoms with Crippen LogP contribution < -0.4 is 11.1 Å². The smallest absolute Gasteiger partial charge is 0.194 e. The topological polar surface area (TPSA) is 63.3 Å². The number of pyridine rings is 1. The molecule has 2 aromatic rings. The third-order valence-corrected chi connectivity index (χ3v) is 4.74. The molecule has 0 radical (unpaired) electrons. The summed E-state index contributed by atoms with van der Waals surface area (Å²) in [7, 11) is 0. The molecule has 1 aromatic carbocycles. The average molecular weight is 454 g/mol. The van der Waals surface area contributed by atoms with Crippen molar-refractivity contribution in [3.05, 3.63) is 60.0 Å². The van der Waals surface area contributed by atoms with Crippen LogP contribution in [0.2, 0.25) is 0 Å². The molecule has 0 unspecified atom stereocenters. The molecule has 0 atom stereocenters. The molecular formula is C19H24FIN4. The van der Waals surface area contributed by atoms with Gasteiger partial charge < -0.3 is 11.1 Å². The largest absolute Gasteiger partial charge is 0.370 e. The summed E-state index contributed by atoms with van der Waals surface area (Å²) in [6.45, 7) is 0.601. The second-order valence-corrected chi connectivity index (χ2v) is 6.39. The van der Waals surface area contributed by atoms with E-state index in [4.69, 9.17) is 5.73 Å². The first-order valence-corrected chi connectivity index (χ1v) is 8.42. The molecule has 1 aliphatic carbocycles. The van der Waals surface area contributed by atoms with E-state index in [0.717, 1.165) is 18.4 Å². The molecule has 0 saturated heterocycles. The molecule has 1 saturated carbocycles. The van der Waals surface area contributed by atoms with Crippen LogP contribution in [0.3, 0.4) is 0 Å². The lowest BCUT2D eigenvalue weighted by Gasteiger charge is -2.36. The van der Waals surface area contributed by atoms with E-state index in [1.807, 2.05) is 30.3 Å². The van der Waals surface area contributed by atoms with Gasteiger partial charge in [0.1, 0.15) is 11.6 Å². The quantitative estimate of drug-likeness (QED) is 0.407. The molecule has 1 aliphatic rings. The van der Waals surface area contributed by atoms with Crippen molar-refractivity contribution in [2.75, 3.05) is 11.9 Å². The van der Waals surface area contributed by atoms with E-state index in [1.54, 1.807) is 6.20 Å². The first kappa shape index (κ1) is 19.6. The second kappa shape index (κ2) is 9.12. The van der Waals surface area contributed by atoms with E-state index in [-0.39, 0.29) is 35.2 Å². The van der Waals surface area contributed by atoms with E-state index in [1.165, 1.54) is 31.4 Å². The van der Waals surface area contributed by atoms with Crippen LogP contribution in [-0.2, 0) is 5.41 Å². The number of aromatic nitrogens is 1. The summed E-state index contributed by atoms with van der Waals surface area (Å²) in [5, 5.41) is 3.02. The van der Waals surface area contributed by atoms with E-state index in [0.29, 0.717) is 18.3 Å². The fourth-order valence-electron chi connectivity index (χ4n) is 3.41. The van der Waals surface area contributed by atoms with Gasteiger partial charge in [-0.15, -0.1) is 24.0 Å². The molecule has 134 valence electrons. The highest BCUT2D eigenvalue weighted by molar-refractivity contribution is 14.0. The number of guanidine groups is 1. The summed E-state index contributed by atoms with van der Waals surface area (Å²) >= 11 is 0. The number of hydrogen-bond donors (Lipinski definition) is 2. The predicted molar refractivity (Wildman–Crippen MR) is 111 cm³/mol. The second-order valence-electron chi connectivity index (χ2n) is 6.39. The summed E-state index contributed by atoms with van der Waals surface area (Å²) in [4.78, 5) is 8.75. The van der Waals surface area contributed by atoms with Gasteiger partial charge in [0.15, 0.2) is 5.96 Å². The fraction of sp³-hybridized carbons (Fsp3) is 0.368. The number of nitrogens with two attached hydrogens (primary N) is 1. The molecule has 3 rings (SSSR count). The third kappa shape index (κ3) is 5.14. The van der Waals surface area contributed by atoms with Gasteiger partial charge in [0.05, 0.1) is 6.54 Å². The predicted octanol–water partition coefficient (Wildman–Crippen LogP) is 4.47. The summed E-state index contributed by atoms with van der Waals surface area (Å²) in [6, 6.07) is 12.4. The number of aliphatic imine (C=N–C) groups is 1. The van der Waals surface area contributed by atoms with Crippen molar-refractivity contribution in [1.29, 1.82) is 0 Å². The Labute approximate surface area is 165 Å². The first-order chi connectivity index (χ1) is 11.7. The lowest BCUT2D eigenvalue weighted by Crippen LogP contribution is -2.34. The van der Waals surface area contributed by atoms with Crippen molar-refractivity contribution in [2.45, 2.75) is 37.5 Å². The first-order valence-electron chi connectivity index (χ1n) is 8.42. The highest BCUT2D eigenvalue weighted by Gasteiger charge is 2.33. The number of nitrogens with zero attached hydrogens (tertiary/aromatic N) is 2. The van der Waals surface area contributed by atoms with Crippen LogP contribution in [0, 0.1) is 5.82 Å². The van der Waals surface area contributed by atoms with E-state index in [2.05, 4.69) is 15.3 Å². The van der Waals surface area contributed by atoms with Crippen molar-refractivity contribution in [3.8, 4) is 0 Å². The summed E-state index contributed by atoms with van der Waals surface area (Å²) in [5.74, 6) is 0.837. The van der Waals surface area contributed by atoms with Gasteiger partial charge in [0.2, 0.25) is 0 Å². The van der Waals surface area contributed by atoms with Crippen LogP contribution in [-0.4, -0.2) is 17.5 Å². The Morgan fingerprint density at radius 1 is 1.12 bits per heavy atom. The Morgan fingerprint density at radius 3 is 2.48 bits per heavy atom. The lowest BCUT2D eigenvalue weighted by molar-refractivity contribution is 0.301. The van der Waals surface area contributed by atoms with Crippen LogP contribution >= 0.6 is 24.0 Å². The van der Waals surface area contributed by atoms with Crippen LogP contribution in [0.25, 0.3) is 0 Å². The number of nitrogens with one attached hydrogen (secondary N) is 1. The number of hydrogen-bond acceptors (Lipinski definition) is 2. The monoisotopic (exact) mass is 454 g/mol. The molecule has 0 bridgehead atoms. The molecule has 0 spiro atoms. The van der Waals surface area contributed by atoms with Crippen LogP contribution in [0.5, 0.6) is 0 Å². The highest BCUT2D eigenvalue weighted by Crippen LogP contribution is 2.39. The molecule has 1 fully saturated rings. The van der Waals surface area contributed by atoms with Gasteiger partial charge in [-0.2, -0.15) is 0 Å². The average Bonchev–Trinajstić information content (AvgIpc) is 2.62. The van der Waals surface area contributed by atoms with Gasteiger partial charge in [-0.3, -0.25) is 4.99 Å². The molecule has 25 heavy (non-hydrogen) atoms. The molecule has 4 nitrogen and oxygen atoms in total. The molecule has 3 N–H and O–H groups in total. The zero-order valence-corrected chi connectivity index (χ0v) is 16.4. The minimum atomic E-state index is -0.204. The number of rotatable bonds is 4. The van der Waals surface area contributed by atoms with Gasteiger partial charge >= 0.3 is 0 Å². The Balaban J connectivity index is 0.00000225. The van der Waals surface area contributed by atoms with E-state index < -0.39 is 0 Å². The van der Waals surface area contributed by atoms with Gasteiger partial charge in [0, 0.05) is 11.6 Å². The molecule has 6 heteroatoms. The van der Waals surface area contributed by atoms with Crippen LogP contribution in [0.4, 0.5) is 10.2 Å². The Morgan fingerprint density at radius 2 is 1.84 bits per heavy atom. The summed E-state index contributed by atoms with van der Waals surface area (Å²) in [6.07, 6.45) is 7.39. The zero-order valence-electron chi connectivity index (χ0n) is 14.1. The van der Waals surface area contributed by atoms with E-state index >= 15 is 0 Å². The normalized spacial score (nSPS) is 16.8. The molecule has 0 amide bonds. The van der Waals surface area contributed by atoms with Gasteiger partial charge in [-0.25, -0.2) is 9.37 Å². The summed E-state index contributed by atoms with van der Waals surface area (Å²) < 4.78 is 13.3. The third-order valence-electron chi connectivity index (χ3n) is 4.74. The van der Waals surface area contributed by atoms with Gasteiger partial charge in [-0.1, -0.05) is 37.5 Å². The minimum Gasteiger partial charge on any atom is -0.370 e. The standard InChI is InChI=1S/C19H23FN4.HI/c20-16-9-7-15(8-10-16)19(11-3-1-4-12-19)14-23-18(21)24-17-6-2-5-13-22-17;/h2,5-10,13H,1,3-4,11-12,14H2,(H3,21,22,23,24);1H. The highest BCUT2D eigenvalue weighted by atomic mass is 127. The molecule has 1 heterocycles. The van der Waals surface area contributed by atoms with Crippen LogP contribution in [0.15, 0.2) is 53.7 Å². The van der Waals surface area contributed by atoms with Crippen molar-refractivity contribution in [1.82, 2.24) is 4.98 Å². The SMILES string of the molecule is I.NC(=NCC1(c2ccc(F)cc2)CCCCC1)Nc1ccccn1. The van der Waals surface area contributed by atoms with Crippen molar-refractivity contribution in [2.24, 2.45) is 10.7 Å². The lowest BCUT2D eigenvalue weighted by atomic mass is 9.69. The molecule has 0 aliphatic heterocycles. The molecular weight excluding hydrogens is 430 g/mol. The fourth-order valence-corrected chi connectivity index (χ4v) is 3.41. The summed E-state index contributed by atoms with van der Waals surface area (Å²) in [5.41, 5.74) is 7.12. The number of benzene rings is 1. The van der Waals surface area contributed by atoms with Crippen molar-refractivity contribution >= 4 is 35.8 Å². The van der Waals surface area contributed by atoms with Crippen LogP contribution in [0.1, 0.15) is 37.7 Å². The Hall–Kier alpha value is -1.70. The maximum Gasteiger partial charge on any atom is 0.194 e. The zero-order chi connectivity index (χ0) is 16.8. The maximum absolute atomic E-state index is 13.3.